The fraction of sp³-hybridized carbons (Fsp3) is 0.600. The molecule has 0 aliphatic heterocycles. The third-order valence-corrected chi connectivity index (χ3v) is 3.15. The maximum absolute atomic E-state index is 5.00. The summed E-state index contributed by atoms with van der Waals surface area (Å²) in [5.41, 5.74) is 0. The minimum absolute atomic E-state index is 0.784. The molecule has 0 saturated carbocycles. The van der Waals surface area contributed by atoms with Crippen LogP contribution in [0, 0.1) is 0 Å². The van der Waals surface area contributed by atoms with Crippen molar-refractivity contribution in [3.63, 3.8) is 0 Å². The zero-order valence-corrected chi connectivity index (χ0v) is 8.79. The summed E-state index contributed by atoms with van der Waals surface area (Å²) in [7, 11) is 1.78. The van der Waals surface area contributed by atoms with Crippen molar-refractivity contribution in [2.24, 2.45) is 0 Å². The van der Waals surface area contributed by atoms with Crippen molar-refractivity contribution < 1.29 is 0.486 Å². The Kier molecular flexibility index (Phi) is 9.30. The molecule has 3 heteroatoms. The molecule has 0 aromatic heterocycles. The first kappa shape index (κ1) is 9.14. The monoisotopic (exact) mass is 189 g/mol. The van der Waals surface area contributed by atoms with E-state index in [-0.39, 0.29) is 0 Å². The second-order valence-corrected chi connectivity index (χ2v) is 5.14. The molecule has 8 heavy (non-hydrogen) atoms. The molecular weight excluding hydrogens is 178 g/mol. The molecular formula is C5H11NOSr. The molecule has 44 valence electrons. The van der Waals surface area contributed by atoms with Gasteiger partial charge >= 0.3 is 75.3 Å². The van der Waals surface area contributed by atoms with Crippen LogP contribution in [0.2, 0.25) is 0 Å². The first-order valence-electron chi connectivity index (χ1n) is 2.72. The summed E-state index contributed by atoms with van der Waals surface area (Å²) in [4.78, 5) is 0. The van der Waals surface area contributed by atoms with Gasteiger partial charge < -0.3 is 0 Å². The summed E-state index contributed by atoms with van der Waals surface area (Å²) in [5, 5.41) is 3.19. The zero-order valence-electron chi connectivity index (χ0n) is 5.31. The Morgan fingerprint density at radius 1 is 1.88 bits per heavy atom. The van der Waals surface area contributed by atoms with E-state index in [1.54, 1.807) is 7.11 Å². The van der Waals surface area contributed by atoms with Crippen molar-refractivity contribution >= 4 is 41.7 Å². The molecule has 0 radical (unpaired) electrons. The zero-order chi connectivity index (χ0) is 6.24. The molecule has 0 bridgehead atoms. The molecule has 2 nitrogen and oxygen atoms in total. The van der Waals surface area contributed by atoms with Crippen LogP contribution in [0.4, 0.5) is 0 Å². The van der Waals surface area contributed by atoms with Crippen LogP contribution in [-0.4, -0.2) is 56.8 Å². The maximum atomic E-state index is 5.00. The summed E-state index contributed by atoms with van der Waals surface area (Å²) in [5.74, 6) is 0. The third-order valence-electron chi connectivity index (χ3n) is 0.772. The summed E-state index contributed by atoms with van der Waals surface area (Å²) in [6.07, 6.45) is 1.86. The van der Waals surface area contributed by atoms with Crippen LogP contribution in [0.15, 0.2) is 12.7 Å². The van der Waals surface area contributed by atoms with Crippen molar-refractivity contribution in [3.8, 4) is 0 Å². The summed E-state index contributed by atoms with van der Waals surface area (Å²) >= 11 is -0.784. The van der Waals surface area contributed by atoms with Crippen molar-refractivity contribution in [2.75, 3.05) is 15.2 Å². The van der Waals surface area contributed by atoms with Gasteiger partial charge in [0.1, 0.15) is 0 Å². The van der Waals surface area contributed by atoms with Crippen LogP contribution in [0.25, 0.3) is 0 Å². The predicted octanol–water partition coefficient (Wildman–Crippen LogP) is -0.0149. The minimum atomic E-state index is -0.784. The van der Waals surface area contributed by atoms with E-state index in [9.17, 15) is 0 Å². The van der Waals surface area contributed by atoms with Gasteiger partial charge in [0.25, 0.3) is 0 Å². The van der Waals surface area contributed by atoms with Gasteiger partial charge in [0.05, 0.1) is 0 Å². The molecule has 1 N–H and O–H groups in total. The van der Waals surface area contributed by atoms with Gasteiger partial charge in [0.2, 0.25) is 0 Å². The van der Waals surface area contributed by atoms with Crippen LogP contribution in [-0.2, 0) is 0.486 Å². The second kappa shape index (κ2) is 8.14. The summed E-state index contributed by atoms with van der Waals surface area (Å²) in [6.45, 7) is 4.50. The van der Waals surface area contributed by atoms with Crippen molar-refractivity contribution in [2.45, 2.75) is 0 Å². The van der Waals surface area contributed by atoms with Crippen molar-refractivity contribution in [1.29, 1.82) is 0 Å². The molecule has 0 aliphatic carbocycles. The molecule has 0 unspecified atom stereocenters. The molecule has 0 aliphatic rings. The Hall–Kier alpha value is 1.14. The number of hydrogen-bond donors (Lipinski definition) is 1. The quantitative estimate of drug-likeness (QED) is 0.372. The molecule has 0 aromatic rings. The van der Waals surface area contributed by atoms with Gasteiger partial charge in [-0.25, -0.2) is 0 Å². The molecule has 0 amide bonds. The Morgan fingerprint density at radius 2 is 2.62 bits per heavy atom. The standard InChI is InChI=1S/C4H8N.CH3O.Sr/c1-3-4-5-2;1-2;/h3,5H,1-2,4H2;1H3;/q;-1;+1. The van der Waals surface area contributed by atoms with Crippen LogP contribution in [0.1, 0.15) is 0 Å². The SMILES string of the molecule is C=CCN[CH2][Sr][O]C. The van der Waals surface area contributed by atoms with E-state index < -0.39 is 41.7 Å². The van der Waals surface area contributed by atoms with E-state index >= 15 is 0 Å². The van der Waals surface area contributed by atoms with Gasteiger partial charge in [0, 0.05) is 0 Å². The molecule has 0 spiro atoms. The number of rotatable bonds is 5. The van der Waals surface area contributed by atoms with Crippen LogP contribution >= 0.6 is 0 Å². The average molecular weight is 189 g/mol. The van der Waals surface area contributed by atoms with Crippen LogP contribution in [0.3, 0.4) is 0 Å². The van der Waals surface area contributed by atoms with Gasteiger partial charge in [-0.05, 0) is 0 Å². The number of nitrogens with one attached hydrogen (secondary N) is 1. The fourth-order valence-corrected chi connectivity index (χ4v) is 1.74. The second-order valence-electron chi connectivity index (χ2n) is 1.49. The predicted molar refractivity (Wildman–Crippen MR) is 35.8 cm³/mol. The van der Waals surface area contributed by atoms with Gasteiger partial charge in [-0.15, -0.1) is 0 Å². The van der Waals surface area contributed by atoms with Gasteiger partial charge in [0.15, 0.2) is 0 Å². The van der Waals surface area contributed by atoms with E-state index in [0.717, 1.165) is 8.06 Å². The molecule has 0 aromatic carbocycles. The van der Waals surface area contributed by atoms with Gasteiger partial charge in [-0.1, -0.05) is 0 Å². The van der Waals surface area contributed by atoms with Gasteiger partial charge in [-0.2, -0.15) is 0 Å². The average Bonchev–Trinajstić information content (AvgIpc) is 1.81. The number of hydrogen-bond acceptors (Lipinski definition) is 2. The molecule has 0 atom stereocenters. The van der Waals surface area contributed by atoms with Crippen molar-refractivity contribution in [1.82, 2.24) is 5.32 Å². The first-order chi connectivity index (χ1) is 3.91. The third kappa shape index (κ3) is 7.14. The fourth-order valence-electron chi connectivity index (χ4n) is 0.378. The Bertz CT molecular complexity index is 58.4. The summed E-state index contributed by atoms with van der Waals surface area (Å²) in [6, 6.07) is 0. The van der Waals surface area contributed by atoms with E-state index in [2.05, 4.69) is 11.9 Å². The van der Waals surface area contributed by atoms with Crippen LogP contribution < -0.4 is 5.32 Å². The molecule has 0 fully saturated rings. The van der Waals surface area contributed by atoms with E-state index in [0.29, 0.717) is 0 Å². The normalized spacial score (nSPS) is 8.12. The van der Waals surface area contributed by atoms with Gasteiger partial charge in [-0.3, -0.25) is 0 Å². The molecule has 0 heterocycles. The van der Waals surface area contributed by atoms with Crippen LogP contribution in [0.5, 0.6) is 0 Å². The summed E-state index contributed by atoms with van der Waals surface area (Å²) < 4.78 is 6.12. The topological polar surface area (TPSA) is 21.3 Å². The Labute approximate surface area is 74.3 Å². The first-order valence-corrected chi connectivity index (χ1v) is 6.60. The van der Waals surface area contributed by atoms with E-state index in [1.165, 1.54) is 0 Å². The van der Waals surface area contributed by atoms with E-state index in [4.69, 9.17) is 0.486 Å². The molecule has 0 saturated heterocycles. The van der Waals surface area contributed by atoms with E-state index in [1.807, 2.05) is 6.08 Å². The Morgan fingerprint density at radius 3 is 3.12 bits per heavy atom. The Balaban J connectivity index is 2.62. The molecule has 0 rings (SSSR count). The van der Waals surface area contributed by atoms with Crippen molar-refractivity contribution in [3.05, 3.63) is 12.7 Å².